The molecular formula is C15H21NO3S. The number of amides is 1. The van der Waals surface area contributed by atoms with Crippen molar-refractivity contribution >= 4 is 23.6 Å². The highest BCUT2D eigenvalue weighted by molar-refractivity contribution is 7.98. The third-order valence-electron chi connectivity index (χ3n) is 3.09. The summed E-state index contributed by atoms with van der Waals surface area (Å²) in [6.07, 6.45) is 1.97. The first-order chi connectivity index (χ1) is 9.40. The number of benzene rings is 1. The molecule has 4 nitrogen and oxygen atoms in total. The normalized spacial score (nSPS) is 10.5. The van der Waals surface area contributed by atoms with Crippen molar-refractivity contribution < 1.29 is 14.3 Å². The second-order valence-electron chi connectivity index (χ2n) is 4.78. The molecule has 0 saturated carbocycles. The van der Waals surface area contributed by atoms with E-state index < -0.39 is 5.97 Å². The first kappa shape index (κ1) is 16.6. The third-order valence-corrected chi connectivity index (χ3v) is 3.81. The first-order valence-electron chi connectivity index (χ1n) is 6.43. The highest BCUT2D eigenvalue weighted by Gasteiger charge is 2.23. The molecule has 0 bridgehead atoms. The van der Waals surface area contributed by atoms with Crippen LogP contribution in [0.2, 0.25) is 0 Å². The van der Waals surface area contributed by atoms with Gasteiger partial charge in [0.25, 0.3) is 5.91 Å². The van der Waals surface area contributed by atoms with Crippen LogP contribution >= 0.6 is 11.8 Å². The quantitative estimate of drug-likeness (QED) is 0.619. The predicted octanol–water partition coefficient (Wildman–Crippen LogP) is 2.74. The number of esters is 1. The number of carbonyl (C=O) groups is 2. The minimum atomic E-state index is -0.411. The molecule has 1 aromatic carbocycles. The molecule has 0 spiro atoms. The van der Waals surface area contributed by atoms with E-state index in [2.05, 4.69) is 4.74 Å². The summed E-state index contributed by atoms with van der Waals surface area (Å²) in [5, 5.41) is 0. The maximum Gasteiger partial charge on any atom is 0.325 e. The molecule has 0 saturated heterocycles. The Hall–Kier alpha value is -1.49. The fourth-order valence-corrected chi connectivity index (χ4v) is 2.25. The Morgan fingerprint density at radius 2 is 2.00 bits per heavy atom. The predicted molar refractivity (Wildman–Crippen MR) is 81.1 cm³/mol. The molecule has 0 N–H and O–H groups in total. The second-order valence-corrected chi connectivity index (χ2v) is 5.66. The summed E-state index contributed by atoms with van der Waals surface area (Å²) in [5.41, 5.74) is 1.54. The maximum atomic E-state index is 12.6. The molecule has 0 atom stereocenters. The van der Waals surface area contributed by atoms with Crippen LogP contribution in [-0.2, 0) is 9.53 Å². The highest BCUT2D eigenvalue weighted by Crippen LogP contribution is 2.21. The number of thioether (sulfide) groups is 1. The molecule has 5 heteroatoms. The molecule has 1 aromatic rings. The second kappa shape index (κ2) is 7.33. The van der Waals surface area contributed by atoms with Gasteiger partial charge in [0.1, 0.15) is 6.54 Å². The Labute approximate surface area is 124 Å². The SMILES string of the molecule is COC(=O)CN(C(=O)c1cc(SC)ccc1C)C(C)C. The van der Waals surface area contributed by atoms with Crippen LogP contribution in [0.3, 0.4) is 0 Å². The molecule has 1 amide bonds. The molecule has 0 aliphatic heterocycles. The van der Waals surface area contributed by atoms with Gasteiger partial charge in [-0.1, -0.05) is 6.07 Å². The Morgan fingerprint density at radius 3 is 2.50 bits per heavy atom. The van der Waals surface area contributed by atoms with Crippen LogP contribution in [0.5, 0.6) is 0 Å². The molecule has 20 heavy (non-hydrogen) atoms. The summed E-state index contributed by atoms with van der Waals surface area (Å²) in [7, 11) is 1.32. The molecule has 0 aliphatic rings. The van der Waals surface area contributed by atoms with Crippen LogP contribution in [0.4, 0.5) is 0 Å². The summed E-state index contributed by atoms with van der Waals surface area (Å²) < 4.78 is 4.66. The van der Waals surface area contributed by atoms with E-state index in [0.29, 0.717) is 5.56 Å². The van der Waals surface area contributed by atoms with Crippen molar-refractivity contribution in [2.24, 2.45) is 0 Å². The van der Waals surface area contributed by atoms with E-state index in [-0.39, 0.29) is 18.5 Å². The molecule has 0 unspecified atom stereocenters. The van der Waals surface area contributed by atoms with E-state index in [0.717, 1.165) is 10.5 Å². The van der Waals surface area contributed by atoms with Gasteiger partial charge in [-0.25, -0.2) is 0 Å². The molecular weight excluding hydrogens is 274 g/mol. The van der Waals surface area contributed by atoms with E-state index in [9.17, 15) is 9.59 Å². The minimum Gasteiger partial charge on any atom is -0.468 e. The number of hydrogen-bond acceptors (Lipinski definition) is 4. The van der Waals surface area contributed by atoms with Crippen LogP contribution in [0.15, 0.2) is 23.1 Å². The lowest BCUT2D eigenvalue weighted by atomic mass is 10.1. The number of ether oxygens (including phenoxy) is 1. The number of rotatable bonds is 5. The van der Waals surface area contributed by atoms with Gasteiger partial charge in [0.15, 0.2) is 0 Å². The smallest absolute Gasteiger partial charge is 0.325 e. The summed E-state index contributed by atoms with van der Waals surface area (Å²) in [4.78, 5) is 26.6. The molecule has 1 rings (SSSR count). The summed E-state index contributed by atoms with van der Waals surface area (Å²) in [5.74, 6) is -0.551. The van der Waals surface area contributed by atoms with Crippen molar-refractivity contribution in [3.05, 3.63) is 29.3 Å². The van der Waals surface area contributed by atoms with Crippen LogP contribution in [0, 0.1) is 6.92 Å². The summed E-state index contributed by atoms with van der Waals surface area (Å²) >= 11 is 1.59. The lowest BCUT2D eigenvalue weighted by Gasteiger charge is -2.26. The number of methoxy groups -OCH3 is 1. The van der Waals surface area contributed by atoms with Gasteiger partial charge in [-0.3, -0.25) is 9.59 Å². The van der Waals surface area contributed by atoms with Crippen molar-refractivity contribution in [2.75, 3.05) is 19.9 Å². The molecule has 0 radical (unpaired) electrons. The fourth-order valence-electron chi connectivity index (χ4n) is 1.81. The van der Waals surface area contributed by atoms with Gasteiger partial charge >= 0.3 is 5.97 Å². The van der Waals surface area contributed by atoms with Crippen LogP contribution < -0.4 is 0 Å². The van der Waals surface area contributed by atoms with Crippen LogP contribution in [0.1, 0.15) is 29.8 Å². The zero-order chi connectivity index (χ0) is 15.3. The van der Waals surface area contributed by atoms with Gasteiger partial charge in [0.2, 0.25) is 0 Å². The fraction of sp³-hybridized carbons (Fsp3) is 0.467. The van der Waals surface area contributed by atoms with Gasteiger partial charge in [-0.15, -0.1) is 11.8 Å². The average Bonchev–Trinajstić information content (AvgIpc) is 2.43. The van der Waals surface area contributed by atoms with Gasteiger partial charge in [-0.05, 0) is 44.7 Å². The topological polar surface area (TPSA) is 46.6 Å². The van der Waals surface area contributed by atoms with Gasteiger partial charge in [0.05, 0.1) is 7.11 Å². The summed E-state index contributed by atoms with van der Waals surface area (Å²) in [6, 6.07) is 5.71. The molecule has 110 valence electrons. The number of nitrogens with zero attached hydrogens (tertiary/aromatic N) is 1. The van der Waals surface area contributed by atoms with E-state index in [1.807, 2.05) is 45.2 Å². The molecule has 0 aromatic heterocycles. The maximum absolute atomic E-state index is 12.6. The highest BCUT2D eigenvalue weighted by atomic mass is 32.2. The van der Waals surface area contributed by atoms with E-state index in [4.69, 9.17) is 0 Å². The van der Waals surface area contributed by atoms with E-state index in [1.54, 1.807) is 11.8 Å². The zero-order valence-electron chi connectivity index (χ0n) is 12.6. The average molecular weight is 295 g/mol. The Kier molecular flexibility index (Phi) is 6.07. The van der Waals surface area contributed by atoms with Crippen LogP contribution in [0.25, 0.3) is 0 Å². The lowest BCUT2D eigenvalue weighted by Crippen LogP contribution is -2.41. The summed E-state index contributed by atoms with van der Waals surface area (Å²) in [6.45, 7) is 5.63. The third kappa shape index (κ3) is 4.00. The standard InChI is InChI=1S/C15H21NO3S/c1-10(2)16(9-14(17)19-4)15(18)13-8-12(20-5)7-6-11(13)3/h6-8,10H,9H2,1-5H3. The Bertz CT molecular complexity index is 500. The first-order valence-corrected chi connectivity index (χ1v) is 7.65. The Morgan fingerprint density at radius 1 is 1.35 bits per heavy atom. The van der Waals surface area contributed by atoms with E-state index >= 15 is 0 Å². The minimum absolute atomic E-state index is 0.0318. The lowest BCUT2D eigenvalue weighted by molar-refractivity contribution is -0.141. The number of aryl methyl sites for hydroxylation is 1. The van der Waals surface area contributed by atoms with Gasteiger partial charge < -0.3 is 9.64 Å². The van der Waals surface area contributed by atoms with Crippen LogP contribution in [-0.4, -0.2) is 42.7 Å². The van der Waals surface area contributed by atoms with Gasteiger partial charge in [-0.2, -0.15) is 0 Å². The Balaban J connectivity index is 3.09. The van der Waals surface area contributed by atoms with Crippen molar-refractivity contribution in [1.82, 2.24) is 4.90 Å². The zero-order valence-corrected chi connectivity index (χ0v) is 13.4. The largest absolute Gasteiger partial charge is 0.468 e. The van der Waals surface area contributed by atoms with Gasteiger partial charge in [0, 0.05) is 16.5 Å². The monoisotopic (exact) mass is 295 g/mol. The number of hydrogen-bond donors (Lipinski definition) is 0. The van der Waals surface area contributed by atoms with Crippen molar-refractivity contribution in [2.45, 2.75) is 31.7 Å². The van der Waals surface area contributed by atoms with Crippen molar-refractivity contribution in [3.8, 4) is 0 Å². The number of carbonyl (C=O) groups excluding carboxylic acids is 2. The van der Waals surface area contributed by atoms with Crippen molar-refractivity contribution in [3.63, 3.8) is 0 Å². The van der Waals surface area contributed by atoms with E-state index in [1.165, 1.54) is 12.0 Å². The molecule has 0 heterocycles. The van der Waals surface area contributed by atoms with Crippen molar-refractivity contribution in [1.29, 1.82) is 0 Å². The molecule has 0 aliphatic carbocycles. The molecule has 0 fully saturated rings.